The number of carboxylic acid groups (broad SMARTS) is 1. The third-order valence-corrected chi connectivity index (χ3v) is 7.01. The van der Waals surface area contributed by atoms with Crippen LogP contribution in [0.25, 0.3) is 0 Å². The molecule has 0 aliphatic carbocycles. The lowest BCUT2D eigenvalue weighted by atomic mass is 9.95. The second kappa shape index (κ2) is 12.7. The van der Waals surface area contributed by atoms with Gasteiger partial charge in [-0.2, -0.15) is 0 Å². The molecule has 2 amide bonds. The van der Waals surface area contributed by atoms with Crippen LogP contribution in [0, 0.1) is 0 Å². The van der Waals surface area contributed by atoms with Crippen LogP contribution in [0.5, 0.6) is 0 Å². The normalized spacial score (nSPS) is 19.1. The van der Waals surface area contributed by atoms with Crippen LogP contribution in [-0.4, -0.2) is 71.3 Å². The van der Waals surface area contributed by atoms with Gasteiger partial charge in [-0.15, -0.1) is 0 Å². The van der Waals surface area contributed by atoms with Crippen molar-refractivity contribution in [1.29, 1.82) is 0 Å². The third-order valence-electron chi connectivity index (χ3n) is 7.01. The summed E-state index contributed by atoms with van der Waals surface area (Å²) in [7, 11) is 0. The highest BCUT2D eigenvalue weighted by Crippen LogP contribution is 2.30. The second-order valence-corrected chi connectivity index (χ2v) is 9.64. The van der Waals surface area contributed by atoms with Crippen LogP contribution in [0.4, 0.5) is 4.79 Å². The van der Waals surface area contributed by atoms with E-state index in [4.69, 9.17) is 9.47 Å². The molecule has 2 N–H and O–H groups in total. The van der Waals surface area contributed by atoms with Gasteiger partial charge in [-0.3, -0.25) is 14.5 Å². The van der Waals surface area contributed by atoms with Gasteiger partial charge in [0.1, 0.15) is 19.4 Å². The summed E-state index contributed by atoms with van der Waals surface area (Å²) >= 11 is 0. The summed E-state index contributed by atoms with van der Waals surface area (Å²) < 4.78 is 11.3. The van der Waals surface area contributed by atoms with Gasteiger partial charge in [-0.1, -0.05) is 54.6 Å². The summed E-state index contributed by atoms with van der Waals surface area (Å²) in [5.74, 6) is -1.12. The lowest BCUT2D eigenvalue weighted by Crippen LogP contribution is -2.50. The number of amides is 2. The molecule has 2 aliphatic rings. The van der Waals surface area contributed by atoms with Crippen molar-refractivity contribution in [2.24, 2.45) is 0 Å². The number of nitrogens with zero attached hydrogens (tertiary/aromatic N) is 2. The fourth-order valence-corrected chi connectivity index (χ4v) is 4.99. The van der Waals surface area contributed by atoms with Gasteiger partial charge in [0.15, 0.2) is 0 Å². The van der Waals surface area contributed by atoms with E-state index in [2.05, 4.69) is 5.32 Å². The molecule has 9 nitrogen and oxygen atoms in total. The van der Waals surface area contributed by atoms with E-state index in [1.807, 2.05) is 66.4 Å². The Morgan fingerprint density at radius 1 is 1.03 bits per heavy atom. The third kappa shape index (κ3) is 7.30. The fourth-order valence-electron chi connectivity index (χ4n) is 4.99. The van der Waals surface area contributed by atoms with E-state index in [1.165, 1.54) is 0 Å². The van der Waals surface area contributed by atoms with Crippen LogP contribution >= 0.6 is 0 Å². The highest BCUT2D eigenvalue weighted by atomic mass is 16.6. The zero-order valence-corrected chi connectivity index (χ0v) is 21.2. The highest BCUT2D eigenvalue weighted by molar-refractivity contribution is 5.77. The average Bonchev–Trinajstić information content (AvgIpc) is 2.91. The molecule has 198 valence electrons. The summed E-state index contributed by atoms with van der Waals surface area (Å²) in [6, 6.07) is 17.2. The first-order valence-corrected chi connectivity index (χ1v) is 12.8. The number of benzene rings is 2. The standard InChI is InChI=1S/C28H35N3O6/c1-20(17-26(33)34)31-16-11-22-9-5-6-10-24(22)27(31)29-25(32)19-36-23-12-14-30(15-13-23)28(35)37-18-21-7-3-2-4-8-21/h2-10,20,23,27H,11-19H2,1H3,(H,29,32)(H,33,34). The van der Waals surface area contributed by atoms with Crippen LogP contribution in [-0.2, 0) is 32.1 Å². The van der Waals surface area contributed by atoms with Crippen LogP contribution in [0.2, 0.25) is 0 Å². The lowest BCUT2D eigenvalue weighted by molar-refractivity contribution is -0.138. The molecule has 37 heavy (non-hydrogen) atoms. The van der Waals surface area contributed by atoms with E-state index in [-0.39, 0.29) is 43.8 Å². The van der Waals surface area contributed by atoms with Crippen molar-refractivity contribution < 1.29 is 29.0 Å². The van der Waals surface area contributed by atoms with Gasteiger partial charge in [0.25, 0.3) is 0 Å². The van der Waals surface area contributed by atoms with Crippen molar-refractivity contribution in [2.45, 2.75) is 57.5 Å². The zero-order chi connectivity index (χ0) is 26.2. The summed E-state index contributed by atoms with van der Waals surface area (Å²) in [5, 5.41) is 12.3. The lowest BCUT2D eigenvalue weighted by Gasteiger charge is -2.41. The number of nitrogens with one attached hydrogen (secondary N) is 1. The first-order chi connectivity index (χ1) is 17.9. The fraction of sp³-hybridized carbons (Fsp3) is 0.464. The maximum atomic E-state index is 12.9. The van der Waals surface area contributed by atoms with Gasteiger partial charge in [0, 0.05) is 25.7 Å². The molecular weight excluding hydrogens is 474 g/mol. The monoisotopic (exact) mass is 509 g/mol. The molecular formula is C28H35N3O6. The minimum Gasteiger partial charge on any atom is -0.481 e. The smallest absolute Gasteiger partial charge is 0.410 e. The first-order valence-electron chi connectivity index (χ1n) is 12.8. The molecule has 1 fully saturated rings. The van der Waals surface area contributed by atoms with E-state index in [0.29, 0.717) is 32.5 Å². The Kier molecular flexibility index (Phi) is 9.14. The highest BCUT2D eigenvalue weighted by Gasteiger charge is 2.32. The van der Waals surface area contributed by atoms with Crippen molar-refractivity contribution >= 4 is 18.0 Å². The number of piperidine rings is 1. The molecule has 0 spiro atoms. The van der Waals surface area contributed by atoms with Crippen LogP contribution in [0.1, 0.15) is 49.0 Å². The molecule has 2 heterocycles. The molecule has 0 radical (unpaired) electrons. The number of carboxylic acids is 1. The number of ether oxygens (including phenoxy) is 2. The van der Waals surface area contributed by atoms with Crippen molar-refractivity contribution in [3.8, 4) is 0 Å². The molecule has 2 aromatic carbocycles. The first kappa shape index (κ1) is 26.6. The number of likely N-dealkylation sites (tertiary alicyclic amines) is 1. The Hall–Kier alpha value is -3.43. The number of aliphatic carboxylic acids is 1. The summed E-state index contributed by atoms with van der Waals surface area (Å²) in [6.07, 6.45) is 1.18. The molecule has 2 aliphatic heterocycles. The number of rotatable bonds is 9. The van der Waals surface area contributed by atoms with Gasteiger partial charge < -0.3 is 24.8 Å². The number of hydrogen-bond donors (Lipinski definition) is 2. The molecule has 0 saturated carbocycles. The van der Waals surface area contributed by atoms with E-state index in [1.54, 1.807) is 4.90 Å². The maximum Gasteiger partial charge on any atom is 0.410 e. The largest absolute Gasteiger partial charge is 0.481 e. The molecule has 0 aromatic heterocycles. The summed E-state index contributed by atoms with van der Waals surface area (Å²) in [6.45, 7) is 3.70. The Morgan fingerprint density at radius 2 is 1.73 bits per heavy atom. The van der Waals surface area contributed by atoms with Gasteiger partial charge in [0.2, 0.25) is 5.91 Å². The van der Waals surface area contributed by atoms with Crippen LogP contribution in [0.3, 0.4) is 0 Å². The molecule has 9 heteroatoms. The molecule has 2 atom stereocenters. The van der Waals surface area contributed by atoms with Crippen molar-refractivity contribution in [3.05, 3.63) is 71.3 Å². The van der Waals surface area contributed by atoms with Crippen LogP contribution in [0.15, 0.2) is 54.6 Å². The Bertz CT molecular complexity index is 1070. The minimum atomic E-state index is -0.866. The number of fused-ring (bicyclic) bond motifs is 1. The molecule has 4 rings (SSSR count). The number of carbonyl (C=O) groups excluding carboxylic acids is 2. The van der Waals surface area contributed by atoms with Gasteiger partial charge in [0.05, 0.1) is 12.5 Å². The van der Waals surface area contributed by atoms with Gasteiger partial charge in [-0.25, -0.2) is 4.79 Å². The van der Waals surface area contributed by atoms with E-state index >= 15 is 0 Å². The quantitative estimate of drug-likeness (QED) is 0.534. The topological polar surface area (TPSA) is 108 Å². The Morgan fingerprint density at radius 3 is 2.46 bits per heavy atom. The van der Waals surface area contributed by atoms with Crippen molar-refractivity contribution in [1.82, 2.24) is 15.1 Å². The number of hydrogen-bond acceptors (Lipinski definition) is 6. The Balaban J connectivity index is 1.25. The Labute approximate surface area is 217 Å². The SMILES string of the molecule is CC(CC(=O)O)N1CCc2ccccc2C1NC(=O)COC1CCN(C(=O)OCc2ccccc2)CC1. The molecule has 2 unspecified atom stereocenters. The minimum absolute atomic E-state index is 0.00258. The maximum absolute atomic E-state index is 12.9. The predicted octanol–water partition coefficient (Wildman–Crippen LogP) is 3.34. The molecule has 1 saturated heterocycles. The summed E-state index contributed by atoms with van der Waals surface area (Å²) in [4.78, 5) is 40.3. The molecule has 2 aromatic rings. The van der Waals surface area contributed by atoms with Crippen molar-refractivity contribution in [2.75, 3.05) is 26.2 Å². The van der Waals surface area contributed by atoms with E-state index in [0.717, 1.165) is 23.1 Å². The second-order valence-electron chi connectivity index (χ2n) is 9.64. The van der Waals surface area contributed by atoms with E-state index < -0.39 is 12.1 Å². The van der Waals surface area contributed by atoms with E-state index in [9.17, 15) is 19.5 Å². The predicted molar refractivity (Wildman–Crippen MR) is 137 cm³/mol. The molecule has 0 bridgehead atoms. The van der Waals surface area contributed by atoms with Crippen LogP contribution < -0.4 is 5.32 Å². The average molecular weight is 510 g/mol. The van der Waals surface area contributed by atoms with Gasteiger partial charge in [-0.05, 0) is 42.9 Å². The van der Waals surface area contributed by atoms with Crippen molar-refractivity contribution in [3.63, 3.8) is 0 Å². The zero-order valence-electron chi connectivity index (χ0n) is 21.2. The summed E-state index contributed by atoms with van der Waals surface area (Å²) in [5.41, 5.74) is 3.08. The number of carbonyl (C=O) groups is 3. The van der Waals surface area contributed by atoms with Gasteiger partial charge >= 0.3 is 12.1 Å².